The number of carbonyl (C=O) groups is 6. The van der Waals surface area contributed by atoms with Crippen LogP contribution in [0.15, 0.2) is 133 Å². The van der Waals surface area contributed by atoms with E-state index in [1.54, 1.807) is 41.3 Å². The van der Waals surface area contributed by atoms with E-state index in [4.69, 9.17) is 34.9 Å². The Morgan fingerprint density at radius 3 is 1.04 bits per heavy atom. The number of likely N-dealkylation sites (tertiary alicyclic amines) is 1. The normalized spacial score (nSPS) is 16.6. The van der Waals surface area contributed by atoms with Crippen LogP contribution in [0.1, 0.15) is 103 Å². The summed E-state index contributed by atoms with van der Waals surface area (Å²) in [7, 11) is -1.00. The molecule has 578 valence electrons. The number of aromatic carboxylic acids is 1. The lowest BCUT2D eigenvalue weighted by molar-refractivity contribution is 0.00977. The van der Waals surface area contributed by atoms with Gasteiger partial charge in [0.2, 0.25) is 0 Å². The highest BCUT2D eigenvalue weighted by atomic mass is 19.1. The molecule has 25 nitrogen and oxygen atoms in total. The van der Waals surface area contributed by atoms with Gasteiger partial charge >= 0.3 is 30.2 Å². The molecule has 0 spiro atoms. The molecule has 6 aliphatic rings. The second kappa shape index (κ2) is 39.7. The van der Waals surface area contributed by atoms with Gasteiger partial charge in [0.15, 0.2) is 0 Å². The topological polar surface area (TPSA) is 261 Å². The number of hydrogen-bond acceptors (Lipinski definition) is 17. The molecule has 107 heavy (non-hydrogen) atoms. The van der Waals surface area contributed by atoms with Gasteiger partial charge < -0.3 is 94.4 Å². The molecule has 6 aromatic carbocycles. The van der Waals surface area contributed by atoms with Gasteiger partial charge in [0.25, 0.3) is 5.91 Å². The van der Waals surface area contributed by atoms with E-state index in [-0.39, 0.29) is 35.7 Å². The van der Waals surface area contributed by atoms with Crippen LogP contribution in [0, 0.1) is 0 Å². The summed E-state index contributed by atoms with van der Waals surface area (Å²) in [5.74, 6) is -1.08. The number of carboxylic acid groups (broad SMARTS) is 1. The predicted octanol–water partition coefficient (Wildman–Crippen LogP) is 13.5. The van der Waals surface area contributed by atoms with Gasteiger partial charge in [-0.2, -0.15) is 0 Å². The number of hydrogen-bond donors (Lipinski definition) is 6. The number of morpholine rings is 4. The number of alkyl halides is 1. The first-order chi connectivity index (χ1) is 52.0. The summed E-state index contributed by atoms with van der Waals surface area (Å²) in [4.78, 5) is 89.2. The molecule has 7 amide bonds. The Morgan fingerprint density at radius 2 is 0.748 bits per heavy atom. The first kappa shape index (κ1) is 79.8. The highest BCUT2D eigenvalue weighted by Crippen LogP contribution is 2.36. The first-order valence-corrected chi connectivity index (χ1v) is 37.2. The second-order valence-electron chi connectivity index (χ2n) is 28.7. The molecule has 0 aliphatic carbocycles. The number of carboxylic acids is 1. The number of nitrogens with zero attached hydrogens (tertiary/aromatic N) is 7. The van der Waals surface area contributed by atoms with Gasteiger partial charge in [-0.15, -0.1) is 0 Å². The van der Waals surface area contributed by atoms with Crippen molar-refractivity contribution in [3.63, 3.8) is 0 Å². The Balaban J connectivity index is 0.000000207. The molecule has 6 heterocycles. The summed E-state index contributed by atoms with van der Waals surface area (Å²) in [6, 6.07) is 41.5. The zero-order valence-corrected chi connectivity index (χ0v) is 63.3. The van der Waals surface area contributed by atoms with Crippen molar-refractivity contribution in [2.45, 2.75) is 104 Å². The molecule has 0 saturated carbocycles. The highest BCUT2D eigenvalue weighted by molar-refractivity contribution is 6.01. The maximum absolute atomic E-state index is 13.3. The molecule has 0 unspecified atom stereocenters. The fourth-order valence-electron chi connectivity index (χ4n) is 13.4. The van der Waals surface area contributed by atoms with E-state index in [1.165, 1.54) is 34.9 Å². The van der Waals surface area contributed by atoms with E-state index in [1.807, 2.05) is 114 Å². The number of benzene rings is 6. The number of anilines is 8. The van der Waals surface area contributed by atoms with Crippen LogP contribution < -0.4 is 46.2 Å². The summed E-state index contributed by atoms with van der Waals surface area (Å²) >= 11 is 0. The van der Waals surface area contributed by atoms with Gasteiger partial charge in [0.1, 0.15) is 11.2 Å². The summed E-state index contributed by atoms with van der Waals surface area (Å²) in [5.41, 5.74) is 11.2. The minimum atomic E-state index is -1.01. The van der Waals surface area contributed by atoms with Gasteiger partial charge in [-0.05, 0) is 226 Å². The van der Waals surface area contributed by atoms with Gasteiger partial charge in [0.05, 0.1) is 66.9 Å². The minimum Gasteiger partial charge on any atom is -0.478 e. The van der Waals surface area contributed by atoms with Crippen LogP contribution in [-0.2, 0) is 28.4 Å². The van der Waals surface area contributed by atoms with Crippen molar-refractivity contribution in [1.29, 1.82) is 0 Å². The van der Waals surface area contributed by atoms with E-state index in [0.717, 1.165) is 160 Å². The van der Waals surface area contributed by atoms with Crippen LogP contribution >= 0.6 is 0 Å². The Morgan fingerprint density at radius 1 is 0.458 bits per heavy atom. The van der Waals surface area contributed by atoms with Gasteiger partial charge in [-0.1, -0.05) is 24.3 Å². The van der Waals surface area contributed by atoms with Crippen molar-refractivity contribution in [2.24, 2.45) is 0 Å². The Bertz CT molecular complexity index is 3780. The lowest BCUT2D eigenvalue weighted by Gasteiger charge is -2.38. The first-order valence-electron chi connectivity index (χ1n) is 37.9. The number of piperidine rings is 2. The van der Waals surface area contributed by atoms with Crippen LogP contribution in [0.25, 0.3) is 22.3 Å². The number of nitrogens with one attached hydrogen (secondary N) is 5. The monoisotopic (exact) mass is 1480 g/mol. The van der Waals surface area contributed by atoms with Crippen molar-refractivity contribution in [3.05, 3.63) is 145 Å². The smallest absolute Gasteiger partial charge is 0.410 e. The third-order valence-corrected chi connectivity index (χ3v) is 18.9. The SMILES string of the molecule is CCN(C(=O)OC(C)(C)C)C1CCN(C(=O)c2ccc(NC(=O)Nc3ccc(-c4cc(N5CCOCC5)cc(N5CCOCC5)c4)cc3)cc2)CC1.CCN(C(=O)OC(C)(C)C)C1CCNCC1.O=C(Nc1ccc(C(=O)O)cc1)Nc1ccc(-c2cc(N3CCOCC3)cc(N3CCOCC3)c2)cc1.[2H]CF. The maximum atomic E-state index is 13.3. The molecule has 0 atom stereocenters. The number of rotatable bonds is 16. The highest BCUT2D eigenvalue weighted by Gasteiger charge is 2.33. The number of amides is 7. The molecule has 6 N–H and O–H groups in total. The molecule has 6 fully saturated rings. The summed E-state index contributed by atoms with van der Waals surface area (Å²) < 4.78 is 48.8. The minimum absolute atomic E-state index is 0.0324. The predicted molar refractivity (Wildman–Crippen MR) is 420 cm³/mol. The van der Waals surface area contributed by atoms with E-state index in [2.05, 4.69) is 82.6 Å². The molecule has 6 saturated heterocycles. The van der Waals surface area contributed by atoms with Crippen LogP contribution in [0.5, 0.6) is 0 Å². The molecule has 0 bridgehead atoms. The molecule has 26 heteroatoms. The fraction of sp³-hybridized carbons (Fsp3) is 0.481. The number of carbonyl (C=O) groups excluding carboxylic acids is 5. The van der Waals surface area contributed by atoms with Crippen molar-refractivity contribution in [1.82, 2.24) is 20.0 Å². The van der Waals surface area contributed by atoms with Gasteiger partial charge in [0, 0.05) is 142 Å². The molecular weight excluding hydrogens is 1370 g/mol. The van der Waals surface area contributed by atoms with Crippen molar-refractivity contribution in [2.75, 3.05) is 193 Å². The number of halogens is 1. The quantitative estimate of drug-likeness (QED) is 0.0526. The Kier molecular flexibility index (Phi) is 29.7. The molecule has 6 aliphatic heterocycles. The van der Waals surface area contributed by atoms with Gasteiger partial charge in [-0.3, -0.25) is 9.18 Å². The van der Waals surface area contributed by atoms with E-state index >= 15 is 0 Å². The average molecular weight is 1480 g/mol. The van der Waals surface area contributed by atoms with Crippen molar-refractivity contribution < 1.29 is 68.1 Å². The summed E-state index contributed by atoms with van der Waals surface area (Å²) in [6.45, 7) is 32.3. The Hall–Kier alpha value is -9.73. The van der Waals surface area contributed by atoms with E-state index in [0.29, 0.717) is 66.8 Å². The lowest BCUT2D eigenvalue weighted by atomic mass is 10.0. The van der Waals surface area contributed by atoms with Crippen LogP contribution in [0.2, 0.25) is 0 Å². The van der Waals surface area contributed by atoms with E-state index < -0.39 is 30.4 Å². The largest absolute Gasteiger partial charge is 0.478 e. The molecule has 6 aromatic rings. The standard InChI is InChI=1S/C40H52N6O6.C28H30N4O5.C12H24N2O2.CH3F/c1-5-46(39(49)52-40(2,3)4)34-14-16-45(17-15-34)37(47)30-8-12-33(13-9-30)42-38(48)41-32-10-6-29(7-11-32)31-26-35(43-18-22-50-23-19-43)28-36(27-31)44-20-24-51-25-21-44;33-27(34)21-3-7-24(8-4-21)30-28(35)29-23-5-1-20(2-6-23)22-17-25(31-9-13-36-14-10-31)19-26(18-22)32-11-15-37-16-12-32;1-5-14(10-6-8-13-9-7-10)11(15)16-12(2,3)4;1-2/h6-13,26-28,34H,5,14-25H2,1-4H3,(H2,41,42,48);1-8,17-19H,9-16H2,(H,33,34)(H2,29,30,35);10,13H,5-9H2,1-4H3;1H3/i;;;1D. The molecule has 0 aromatic heterocycles. The summed E-state index contributed by atoms with van der Waals surface area (Å²) in [5, 5.41) is 23.6. The zero-order chi connectivity index (χ0) is 77.2. The van der Waals surface area contributed by atoms with Crippen molar-refractivity contribution >= 4 is 81.6 Å². The zero-order valence-electron chi connectivity index (χ0n) is 64.3. The summed E-state index contributed by atoms with van der Waals surface area (Å²) in [6.07, 6.45) is 2.93. The third-order valence-electron chi connectivity index (χ3n) is 18.9. The molecular formula is C81H109FN12O13. The van der Waals surface area contributed by atoms with Crippen molar-refractivity contribution in [3.8, 4) is 22.3 Å². The molecule has 12 rings (SSSR count). The second-order valence-corrected chi connectivity index (χ2v) is 28.7. The Labute approximate surface area is 630 Å². The van der Waals surface area contributed by atoms with Gasteiger partial charge in [-0.25, -0.2) is 24.0 Å². The van der Waals surface area contributed by atoms with Crippen LogP contribution in [0.3, 0.4) is 0 Å². The fourth-order valence-corrected chi connectivity index (χ4v) is 13.4. The van der Waals surface area contributed by atoms with E-state index in [9.17, 15) is 33.2 Å². The third kappa shape index (κ3) is 24.7. The van der Waals surface area contributed by atoms with Crippen LogP contribution in [0.4, 0.5) is 69.1 Å². The number of urea groups is 2. The van der Waals surface area contributed by atoms with Crippen LogP contribution in [-0.4, -0.2) is 231 Å². The lowest BCUT2D eigenvalue weighted by Crippen LogP contribution is -2.49. The average Bonchev–Trinajstić information content (AvgIpc) is 0.806. The maximum Gasteiger partial charge on any atom is 0.410 e. The number of ether oxygens (including phenoxy) is 6. The molecule has 0 radical (unpaired) electrons.